The third-order valence-corrected chi connectivity index (χ3v) is 16.2. The third-order valence-electron chi connectivity index (χ3n) is 2.95. The molecule has 2 aliphatic rings. The van der Waals surface area contributed by atoms with E-state index in [9.17, 15) is 0 Å². The van der Waals surface area contributed by atoms with Crippen molar-refractivity contribution >= 4 is 14.0 Å². The zero-order chi connectivity index (χ0) is 10.8. The molecule has 0 radical (unpaired) electrons. The van der Waals surface area contributed by atoms with Gasteiger partial charge in [0, 0.05) is 0 Å². The van der Waals surface area contributed by atoms with Crippen LogP contribution in [0.25, 0.3) is 0 Å². The maximum atomic E-state index is 2.38. The Morgan fingerprint density at radius 3 is 2.06 bits per heavy atom. The molecule has 0 fully saturated rings. The van der Waals surface area contributed by atoms with E-state index in [1.807, 2.05) is 11.3 Å². The standard InChI is InChI=1S/2C5H5.C4H3S.ClH.Hf/c3*1-2-4-5-3-1;;/h2*1-3H,4H2;1-3H;1H;/q;;;;+1/p-1. The van der Waals surface area contributed by atoms with E-state index in [-0.39, 0.29) is 12.4 Å². The molecule has 2 aliphatic carbocycles. The largest absolute Gasteiger partial charge is 1.00 e. The quantitative estimate of drug-likeness (QED) is 0.623. The van der Waals surface area contributed by atoms with Gasteiger partial charge >= 0.3 is 109 Å². The van der Waals surface area contributed by atoms with Gasteiger partial charge in [-0.2, -0.15) is 0 Å². The first-order valence-electron chi connectivity index (χ1n) is 5.58. The molecule has 0 N–H and O–H groups in total. The Morgan fingerprint density at radius 2 is 1.65 bits per heavy atom. The van der Waals surface area contributed by atoms with Crippen molar-refractivity contribution in [2.24, 2.45) is 0 Å². The fourth-order valence-corrected chi connectivity index (χ4v) is 15.8. The van der Waals surface area contributed by atoms with Gasteiger partial charge in [-0.05, 0) is 0 Å². The minimum absolute atomic E-state index is 0. The summed E-state index contributed by atoms with van der Waals surface area (Å²) in [5.41, 5.74) is 0. The first kappa shape index (κ1) is 13.3. The zero-order valence-corrected chi connectivity index (χ0v) is 14.6. The Morgan fingerprint density at radius 1 is 1.00 bits per heavy atom. The van der Waals surface area contributed by atoms with E-state index < -0.39 is 21.4 Å². The van der Waals surface area contributed by atoms with Crippen LogP contribution in [-0.2, 0) is 21.4 Å². The number of halogens is 1. The average molecular weight is 427 g/mol. The molecule has 0 saturated carbocycles. The molecule has 0 saturated heterocycles. The summed E-state index contributed by atoms with van der Waals surface area (Å²) in [5, 5.41) is 2.23. The molecule has 86 valence electrons. The van der Waals surface area contributed by atoms with Crippen molar-refractivity contribution in [3.8, 4) is 0 Å². The maximum Gasteiger partial charge on any atom is -1.00 e. The summed E-state index contributed by atoms with van der Waals surface area (Å²) in [6, 6.07) is 4.56. The van der Waals surface area contributed by atoms with Crippen LogP contribution in [0.4, 0.5) is 0 Å². The van der Waals surface area contributed by atoms with Gasteiger partial charge in [0.25, 0.3) is 0 Å². The Hall–Kier alpha value is -0.180. The number of allylic oxidation sites excluding steroid dienone is 8. The molecule has 0 unspecified atom stereocenters. The van der Waals surface area contributed by atoms with Gasteiger partial charge in [-0.25, -0.2) is 0 Å². The fraction of sp³-hybridized carbons (Fsp3) is 0.143. The summed E-state index contributed by atoms with van der Waals surface area (Å²) in [6.45, 7) is 0. The second-order valence-electron chi connectivity index (χ2n) is 4.00. The Kier molecular flexibility index (Phi) is 4.78. The van der Waals surface area contributed by atoms with E-state index in [0.717, 1.165) is 0 Å². The molecule has 0 atom stereocenters. The molecule has 3 heteroatoms. The first-order chi connectivity index (χ1) is 7.95. The van der Waals surface area contributed by atoms with Gasteiger partial charge in [-0.1, -0.05) is 0 Å². The third kappa shape index (κ3) is 2.81. The van der Waals surface area contributed by atoms with E-state index in [1.165, 1.54) is 12.8 Å². The topological polar surface area (TPSA) is 0 Å². The SMILES string of the molecule is C1=CC[C]([Hf+]([C]2=CC=CC2)[c]2cccs2)=C1.[Cl-]. The summed E-state index contributed by atoms with van der Waals surface area (Å²) < 4.78 is 5.19. The smallest absolute Gasteiger partial charge is 1.00 e. The van der Waals surface area contributed by atoms with Crippen LogP contribution in [0.5, 0.6) is 0 Å². The first-order valence-corrected chi connectivity index (χ1v) is 11.8. The number of thiophene rings is 1. The van der Waals surface area contributed by atoms with Crippen molar-refractivity contribution in [2.75, 3.05) is 0 Å². The molecule has 0 spiro atoms. The minimum Gasteiger partial charge on any atom is -1.00 e. The molecule has 17 heavy (non-hydrogen) atoms. The summed E-state index contributed by atoms with van der Waals surface area (Å²) in [5.74, 6) is 0. The summed E-state index contributed by atoms with van der Waals surface area (Å²) >= 11 is 0.103. The summed E-state index contributed by atoms with van der Waals surface area (Å²) in [4.78, 5) is 0. The van der Waals surface area contributed by atoms with Crippen molar-refractivity contribution in [2.45, 2.75) is 12.8 Å². The van der Waals surface area contributed by atoms with Crippen LogP contribution in [-0.4, -0.2) is 0 Å². The normalized spacial score (nSPS) is 16.7. The van der Waals surface area contributed by atoms with Gasteiger partial charge in [0.1, 0.15) is 0 Å². The van der Waals surface area contributed by atoms with Gasteiger partial charge in [0.2, 0.25) is 0 Å². The zero-order valence-electron chi connectivity index (χ0n) is 9.40. The molecule has 1 aromatic heterocycles. The predicted molar refractivity (Wildman–Crippen MR) is 67.6 cm³/mol. The van der Waals surface area contributed by atoms with Crippen LogP contribution in [0.3, 0.4) is 0 Å². The van der Waals surface area contributed by atoms with Gasteiger partial charge < -0.3 is 12.4 Å². The van der Waals surface area contributed by atoms with Crippen LogP contribution >= 0.6 is 11.3 Å². The van der Waals surface area contributed by atoms with Crippen molar-refractivity contribution in [1.82, 2.24) is 0 Å². The van der Waals surface area contributed by atoms with Crippen LogP contribution in [0.2, 0.25) is 0 Å². The molecule has 3 rings (SSSR count). The fourth-order valence-electron chi connectivity index (χ4n) is 2.21. The van der Waals surface area contributed by atoms with Crippen LogP contribution in [0.15, 0.2) is 60.6 Å². The molecule has 1 heterocycles. The Labute approximate surface area is 120 Å². The number of rotatable bonds is 3. The number of hydrogen-bond acceptors (Lipinski definition) is 1. The van der Waals surface area contributed by atoms with Crippen LogP contribution in [0.1, 0.15) is 12.8 Å². The predicted octanol–water partition coefficient (Wildman–Crippen LogP) is 0.683. The van der Waals surface area contributed by atoms with Crippen molar-refractivity contribution in [1.29, 1.82) is 0 Å². The van der Waals surface area contributed by atoms with Crippen LogP contribution in [0, 0.1) is 0 Å². The van der Waals surface area contributed by atoms with Gasteiger partial charge in [0.05, 0.1) is 0 Å². The molecular weight excluding hydrogens is 414 g/mol. The second-order valence-corrected chi connectivity index (χ2v) is 15.5. The van der Waals surface area contributed by atoms with Gasteiger partial charge in [0.15, 0.2) is 0 Å². The molecular formula is C14H13ClHfS. The van der Waals surface area contributed by atoms with Crippen molar-refractivity contribution in [3.63, 3.8) is 0 Å². The molecule has 0 aliphatic heterocycles. The van der Waals surface area contributed by atoms with E-state index in [4.69, 9.17) is 0 Å². The second kappa shape index (κ2) is 6.12. The Balaban J connectivity index is 0.00000108. The average Bonchev–Trinajstić information content (AvgIpc) is 3.02. The van der Waals surface area contributed by atoms with Crippen molar-refractivity contribution < 1.29 is 33.8 Å². The van der Waals surface area contributed by atoms with Gasteiger partial charge in [-0.15, -0.1) is 0 Å². The summed E-state index contributed by atoms with van der Waals surface area (Å²) in [7, 11) is 0. The van der Waals surface area contributed by atoms with E-state index >= 15 is 0 Å². The number of hydrogen-bond donors (Lipinski definition) is 0. The molecule has 0 nitrogen and oxygen atoms in total. The molecule has 0 amide bonds. The monoisotopic (exact) mass is 428 g/mol. The van der Waals surface area contributed by atoms with Crippen LogP contribution < -0.4 is 15.0 Å². The Bertz CT molecular complexity index is 464. The van der Waals surface area contributed by atoms with E-state index in [1.54, 1.807) is 9.29 Å². The van der Waals surface area contributed by atoms with Crippen molar-refractivity contribution in [3.05, 3.63) is 60.6 Å². The van der Waals surface area contributed by atoms with Gasteiger partial charge in [-0.3, -0.25) is 0 Å². The van der Waals surface area contributed by atoms with E-state index in [2.05, 4.69) is 54.0 Å². The molecule has 0 bridgehead atoms. The summed E-state index contributed by atoms with van der Waals surface area (Å²) in [6.07, 6.45) is 16.2. The molecule has 0 aromatic carbocycles. The van der Waals surface area contributed by atoms with E-state index in [0.29, 0.717) is 0 Å². The maximum absolute atomic E-state index is 2.38. The molecule has 1 aromatic rings. The minimum atomic E-state index is -1.86.